The third-order valence-electron chi connectivity index (χ3n) is 5.48. The number of pyridine rings is 1. The lowest BCUT2D eigenvalue weighted by Crippen LogP contribution is -2.20. The molecule has 0 unspecified atom stereocenters. The number of carbonyl (C=O) groups is 2. The van der Waals surface area contributed by atoms with Crippen LogP contribution in [0, 0.1) is 18.8 Å². The second-order valence-corrected chi connectivity index (χ2v) is 8.20. The standard InChI is InChI=1S/C27H24F3N3O3/c1-4-33(3)16-21-9-10-23(13-24(21)27(28,29)30)32-25(34)20-7-5-17(2)19(12-20)8-6-18-11-22(26(35)36)15-31-14-18/h5,7,9-15H,4,16H2,1-3H3,(H,32,34)(H,35,36). The molecule has 0 saturated carbocycles. The highest BCUT2D eigenvalue weighted by Crippen LogP contribution is 2.34. The molecule has 1 aromatic heterocycles. The molecule has 0 radical (unpaired) electrons. The van der Waals surface area contributed by atoms with Crippen LogP contribution < -0.4 is 5.32 Å². The Morgan fingerprint density at radius 2 is 1.81 bits per heavy atom. The van der Waals surface area contributed by atoms with Gasteiger partial charge in [-0.1, -0.05) is 30.9 Å². The van der Waals surface area contributed by atoms with Crippen molar-refractivity contribution in [3.8, 4) is 11.8 Å². The van der Waals surface area contributed by atoms with Gasteiger partial charge in [0.05, 0.1) is 11.1 Å². The minimum absolute atomic E-state index is 0.00256. The van der Waals surface area contributed by atoms with Crippen molar-refractivity contribution in [2.45, 2.75) is 26.6 Å². The largest absolute Gasteiger partial charge is 0.478 e. The number of carbonyl (C=O) groups excluding carboxylic acids is 1. The Labute approximate surface area is 206 Å². The van der Waals surface area contributed by atoms with Crippen LogP contribution in [0.1, 0.15) is 55.5 Å². The van der Waals surface area contributed by atoms with E-state index in [1.54, 1.807) is 31.0 Å². The first-order chi connectivity index (χ1) is 17.0. The zero-order valence-electron chi connectivity index (χ0n) is 19.9. The molecule has 3 rings (SSSR count). The first kappa shape index (κ1) is 26.4. The van der Waals surface area contributed by atoms with Crippen LogP contribution in [0.15, 0.2) is 54.9 Å². The molecule has 2 N–H and O–H groups in total. The maximum absolute atomic E-state index is 13.7. The Hall–Kier alpha value is -4.16. The topological polar surface area (TPSA) is 82.5 Å². The van der Waals surface area contributed by atoms with E-state index in [9.17, 15) is 22.8 Å². The van der Waals surface area contributed by atoms with Crippen molar-refractivity contribution in [2.75, 3.05) is 18.9 Å². The number of hydrogen-bond donors (Lipinski definition) is 2. The summed E-state index contributed by atoms with van der Waals surface area (Å²) in [5.74, 6) is 4.02. The molecule has 9 heteroatoms. The van der Waals surface area contributed by atoms with Gasteiger partial charge in [0.25, 0.3) is 5.91 Å². The number of aromatic carboxylic acids is 1. The van der Waals surface area contributed by atoms with Crippen molar-refractivity contribution < 1.29 is 27.9 Å². The highest BCUT2D eigenvalue weighted by Gasteiger charge is 2.33. The molecule has 0 bridgehead atoms. The number of alkyl halides is 3. The number of benzene rings is 2. The lowest BCUT2D eigenvalue weighted by molar-refractivity contribution is -0.138. The molecular formula is C27H24F3N3O3. The minimum atomic E-state index is -4.57. The number of nitrogens with one attached hydrogen (secondary N) is 1. The summed E-state index contributed by atoms with van der Waals surface area (Å²) in [5.41, 5.74) is 1.23. The van der Waals surface area contributed by atoms with Gasteiger partial charge in [-0.25, -0.2) is 4.79 Å². The van der Waals surface area contributed by atoms with Gasteiger partial charge in [-0.15, -0.1) is 0 Å². The highest BCUT2D eigenvalue weighted by molar-refractivity contribution is 6.04. The Balaban J connectivity index is 1.85. The van der Waals surface area contributed by atoms with E-state index in [2.05, 4.69) is 22.1 Å². The molecule has 1 heterocycles. The molecule has 2 aromatic carbocycles. The summed E-state index contributed by atoms with van der Waals surface area (Å²) in [7, 11) is 1.73. The van der Waals surface area contributed by atoms with Crippen molar-refractivity contribution >= 4 is 17.6 Å². The molecule has 0 spiro atoms. The number of amides is 1. The molecule has 0 fully saturated rings. The molecule has 1 amide bonds. The van der Waals surface area contributed by atoms with Crippen molar-refractivity contribution in [3.05, 3.63) is 93.8 Å². The van der Waals surface area contributed by atoms with E-state index in [0.717, 1.165) is 11.6 Å². The smallest absolute Gasteiger partial charge is 0.416 e. The van der Waals surface area contributed by atoms with E-state index in [4.69, 9.17) is 5.11 Å². The van der Waals surface area contributed by atoms with E-state index in [0.29, 0.717) is 17.7 Å². The van der Waals surface area contributed by atoms with Gasteiger partial charge in [0.1, 0.15) is 0 Å². The van der Waals surface area contributed by atoms with E-state index in [1.807, 2.05) is 6.92 Å². The molecule has 3 aromatic rings. The fraction of sp³-hybridized carbons (Fsp3) is 0.222. The second kappa shape index (κ2) is 11.1. The van der Waals surface area contributed by atoms with E-state index in [-0.39, 0.29) is 28.9 Å². The van der Waals surface area contributed by atoms with Gasteiger partial charge in [0.15, 0.2) is 0 Å². The summed E-state index contributed by atoms with van der Waals surface area (Å²) in [5, 5.41) is 11.6. The summed E-state index contributed by atoms with van der Waals surface area (Å²) in [6, 6.07) is 9.90. The van der Waals surface area contributed by atoms with Crippen LogP contribution in [0.5, 0.6) is 0 Å². The molecule has 0 aliphatic carbocycles. The molecule has 0 aliphatic heterocycles. The summed E-state index contributed by atoms with van der Waals surface area (Å²) < 4.78 is 41.0. The highest BCUT2D eigenvalue weighted by atomic mass is 19.4. The monoisotopic (exact) mass is 495 g/mol. The number of aromatic nitrogens is 1. The molecular weight excluding hydrogens is 471 g/mol. The maximum atomic E-state index is 13.7. The SMILES string of the molecule is CCN(C)Cc1ccc(NC(=O)c2ccc(C)c(C#Cc3cncc(C(=O)O)c3)c2)cc1C(F)(F)F. The van der Waals surface area contributed by atoms with Crippen molar-refractivity contribution in [1.82, 2.24) is 9.88 Å². The molecule has 36 heavy (non-hydrogen) atoms. The van der Waals surface area contributed by atoms with E-state index >= 15 is 0 Å². The fourth-order valence-electron chi connectivity index (χ4n) is 3.32. The number of nitrogens with zero attached hydrogens (tertiary/aromatic N) is 2. The van der Waals surface area contributed by atoms with Gasteiger partial charge in [-0.3, -0.25) is 9.78 Å². The maximum Gasteiger partial charge on any atom is 0.416 e. The Morgan fingerprint density at radius 1 is 1.06 bits per heavy atom. The zero-order valence-corrected chi connectivity index (χ0v) is 19.9. The van der Waals surface area contributed by atoms with Crippen LogP contribution in [0.25, 0.3) is 0 Å². The van der Waals surface area contributed by atoms with Gasteiger partial charge in [0, 0.05) is 41.3 Å². The van der Waals surface area contributed by atoms with Crippen LogP contribution in [0.4, 0.5) is 18.9 Å². The summed E-state index contributed by atoms with van der Waals surface area (Å²) >= 11 is 0. The lowest BCUT2D eigenvalue weighted by Gasteiger charge is -2.19. The first-order valence-electron chi connectivity index (χ1n) is 11.0. The normalized spacial score (nSPS) is 11.1. The molecule has 6 nitrogen and oxygen atoms in total. The number of halogens is 3. The van der Waals surface area contributed by atoms with Gasteiger partial charge < -0.3 is 15.3 Å². The van der Waals surface area contributed by atoms with Crippen molar-refractivity contribution in [2.24, 2.45) is 0 Å². The average molecular weight is 496 g/mol. The average Bonchev–Trinajstić information content (AvgIpc) is 2.83. The Bertz CT molecular complexity index is 1360. The van der Waals surface area contributed by atoms with Crippen molar-refractivity contribution in [3.63, 3.8) is 0 Å². The van der Waals surface area contributed by atoms with Crippen LogP contribution in [-0.2, 0) is 12.7 Å². The molecule has 0 saturated heterocycles. The van der Waals surface area contributed by atoms with Crippen LogP contribution >= 0.6 is 0 Å². The number of hydrogen-bond acceptors (Lipinski definition) is 4. The number of anilines is 1. The third-order valence-corrected chi connectivity index (χ3v) is 5.48. The van der Waals surface area contributed by atoms with Crippen LogP contribution in [0.3, 0.4) is 0 Å². The number of aryl methyl sites for hydroxylation is 1. The van der Waals surface area contributed by atoms with E-state index in [1.165, 1.54) is 36.7 Å². The number of carboxylic acid groups (broad SMARTS) is 1. The predicted molar refractivity (Wildman–Crippen MR) is 130 cm³/mol. The molecule has 0 atom stereocenters. The fourth-order valence-corrected chi connectivity index (χ4v) is 3.32. The molecule has 0 aliphatic rings. The minimum Gasteiger partial charge on any atom is -0.478 e. The van der Waals surface area contributed by atoms with Crippen LogP contribution in [-0.4, -0.2) is 40.5 Å². The third kappa shape index (κ3) is 6.71. The van der Waals surface area contributed by atoms with Crippen LogP contribution in [0.2, 0.25) is 0 Å². The Morgan fingerprint density at radius 3 is 2.47 bits per heavy atom. The summed E-state index contributed by atoms with van der Waals surface area (Å²) in [6.07, 6.45) is -1.93. The quantitative estimate of drug-likeness (QED) is 0.459. The summed E-state index contributed by atoms with van der Waals surface area (Å²) in [4.78, 5) is 29.5. The van der Waals surface area contributed by atoms with E-state index < -0.39 is 23.6 Å². The first-order valence-corrected chi connectivity index (χ1v) is 11.0. The van der Waals surface area contributed by atoms with Crippen molar-refractivity contribution in [1.29, 1.82) is 0 Å². The Kier molecular flexibility index (Phi) is 8.12. The van der Waals surface area contributed by atoms with Gasteiger partial charge in [-0.05, 0) is 62.0 Å². The summed E-state index contributed by atoms with van der Waals surface area (Å²) in [6.45, 7) is 4.37. The number of carboxylic acids is 1. The van der Waals surface area contributed by atoms with Gasteiger partial charge in [0.2, 0.25) is 0 Å². The van der Waals surface area contributed by atoms with Gasteiger partial charge >= 0.3 is 12.1 Å². The predicted octanol–water partition coefficient (Wildman–Crippen LogP) is 5.21. The van der Waals surface area contributed by atoms with Gasteiger partial charge in [-0.2, -0.15) is 13.2 Å². The molecule has 186 valence electrons. The lowest BCUT2D eigenvalue weighted by atomic mass is 10.0. The second-order valence-electron chi connectivity index (χ2n) is 8.20. The zero-order chi connectivity index (χ0) is 26.5. The number of rotatable bonds is 6.